The summed E-state index contributed by atoms with van der Waals surface area (Å²) in [7, 11) is 1.68. The molecule has 0 aliphatic rings. The lowest BCUT2D eigenvalue weighted by Crippen LogP contribution is -1.90. The van der Waals surface area contributed by atoms with Crippen molar-refractivity contribution in [3.8, 4) is 5.75 Å². The Labute approximate surface area is 89.2 Å². The number of rotatable bonds is 2. The van der Waals surface area contributed by atoms with Crippen molar-refractivity contribution in [3.63, 3.8) is 0 Å². The molecule has 0 N–H and O–H groups in total. The number of hydrogen-bond acceptors (Lipinski definition) is 2. The maximum absolute atomic E-state index is 5.31. The van der Waals surface area contributed by atoms with Crippen LogP contribution in [0.2, 0.25) is 0 Å². The van der Waals surface area contributed by atoms with Gasteiger partial charge in [0.05, 0.1) is 12.6 Å². The number of ether oxygens (including phenoxy) is 1. The van der Waals surface area contributed by atoms with Gasteiger partial charge in [-0.2, -0.15) is 0 Å². The zero-order valence-electron chi connectivity index (χ0n) is 8.90. The lowest BCUT2D eigenvalue weighted by Gasteiger charge is -2.07. The Morgan fingerprint density at radius 3 is 2.87 bits per heavy atom. The zero-order valence-corrected chi connectivity index (χ0v) is 8.90. The molecule has 0 unspecified atom stereocenters. The van der Waals surface area contributed by atoms with Crippen LogP contribution >= 0.6 is 0 Å². The van der Waals surface area contributed by atoms with E-state index in [0.29, 0.717) is 0 Å². The molecule has 15 heavy (non-hydrogen) atoms. The number of allylic oxidation sites excluding steroid dienone is 1. The van der Waals surface area contributed by atoms with Gasteiger partial charge in [0.2, 0.25) is 0 Å². The van der Waals surface area contributed by atoms with Crippen LogP contribution in [-0.2, 0) is 0 Å². The zero-order chi connectivity index (χ0) is 10.7. The first-order valence-corrected chi connectivity index (χ1v) is 4.91. The molecule has 0 aliphatic heterocycles. The minimum absolute atomic E-state index is 0.860. The monoisotopic (exact) mass is 199 g/mol. The number of hydrogen-bond donors (Lipinski definition) is 0. The molecular formula is C13H13NO. The second-order valence-electron chi connectivity index (χ2n) is 3.26. The highest BCUT2D eigenvalue weighted by atomic mass is 16.5. The van der Waals surface area contributed by atoms with Gasteiger partial charge in [-0.25, -0.2) is 0 Å². The lowest BCUT2D eigenvalue weighted by molar-refractivity contribution is 0.414. The molecule has 2 heteroatoms. The van der Waals surface area contributed by atoms with Crippen molar-refractivity contribution in [3.05, 3.63) is 42.1 Å². The second-order valence-corrected chi connectivity index (χ2v) is 3.26. The Balaban J connectivity index is 2.78. The van der Waals surface area contributed by atoms with E-state index in [1.165, 1.54) is 0 Å². The molecule has 0 bridgehead atoms. The molecule has 0 amide bonds. The predicted molar refractivity (Wildman–Crippen MR) is 63.0 cm³/mol. The highest BCUT2D eigenvalue weighted by molar-refractivity contribution is 5.89. The van der Waals surface area contributed by atoms with Gasteiger partial charge in [0, 0.05) is 17.1 Å². The number of fused-ring (bicyclic) bond motifs is 1. The smallest absolute Gasteiger partial charge is 0.128 e. The maximum atomic E-state index is 5.31. The average molecular weight is 199 g/mol. The van der Waals surface area contributed by atoms with Gasteiger partial charge in [0.1, 0.15) is 5.75 Å². The molecule has 0 atom stereocenters. The van der Waals surface area contributed by atoms with Gasteiger partial charge in [-0.3, -0.25) is 4.98 Å². The highest BCUT2D eigenvalue weighted by Crippen LogP contribution is 2.27. The number of benzene rings is 1. The van der Waals surface area contributed by atoms with Crippen LogP contribution in [0, 0.1) is 0 Å². The average Bonchev–Trinajstić information content (AvgIpc) is 2.30. The van der Waals surface area contributed by atoms with Crippen molar-refractivity contribution in [2.75, 3.05) is 7.11 Å². The standard InChI is InChI=1S/C13H13NO/c1-3-5-11-12(15-2)8-7-10-6-4-9-14-13(10)11/h3-9H,1-2H3. The molecule has 1 aromatic carbocycles. The SMILES string of the molecule is CC=Cc1c(OC)ccc2cccnc12. The van der Waals surface area contributed by atoms with Crippen molar-refractivity contribution in [1.29, 1.82) is 0 Å². The summed E-state index contributed by atoms with van der Waals surface area (Å²) in [4.78, 5) is 4.38. The fraction of sp³-hybridized carbons (Fsp3) is 0.154. The topological polar surface area (TPSA) is 22.1 Å². The van der Waals surface area contributed by atoms with E-state index in [9.17, 15) is 0 Å². The molecule has 0 saturated carbocycles. The van der Waals surface area contributed by atoms with Crippen LogP contribution in [0.15, 0.2) is 36.5 Å². The van der Waals surface area contributed by atoms with Crippen molar-refractivity contribution in [1.82, 2.24) is 4.98 Å². The highest BCUT2D eigenvalue weighted by Gasteiger charge is 2.05. The molecule has 76 valence electrons. The Bertz CT molecular complexity index is 503. The van der Waals surface area contributed by atoms with Gasteiger partial charge in [-0.1, -0.05) is 18.2 Å². The number of methoxy groups -OCH3 is 1. The van der Waals surface area contributed by atoms with Gasteiger partial charge in [0.25, 0.3) is 0 Å². The Morgan fingerprint density at radius 1 is 1.27 bits per heavy atom. The summed E-state index contributed by atoms with van der Waals surface area (Å²) >= 11 is 0. The van der Waals surface area contributed by atoms with E-state index < -0.39 is 0 Å². The summed E-state index contributed by atoms with van der Waals surface area (Å²) in [6.45, 7) is 1.99. The van der Waals surface area contributed by atoms with Gasteiger partial charge < -0.3 is 4.74 Å². The van der Waals surface area contributed by atoms with E-state index in [-0.39, 0.29) is 0 Å². The Kier molecular flexibility index (Phi) is 2.68. The summed E-state index contributed by atoms with van der Waals surface area (Å²) in [6, 6.07) is 7.98. The third-order valence-electron chi connectivity index (χ3n) is 2.33. The van der Waals surface area contributed by atoms with Crippen LogP contribution in [0.3, 0.4) is 0 Å². The van der Waals surface area contributed by atoms with Crippen LogP contribution in [-0.4, -0.2) is 12.1 Å². The van der Waals surface area contributed by atoms with Gasteiger partial charge in [0.15, 0.2) is 0 Å². The molecule has 0 fully saturated rings. The first-order valence-electron chi connectivity index (χ1n) is 4.91. The normalized spacial score (nSPS) is 11.1. The van der Waals surface area contributed by atoms with Crippen molar-refractivity contribution >= 4 is 17.0 Å². The summed E-state index contributed by atoms with van der Waals surface area (Å²) in [5, 5.41) is 1.13. The van der Waals surface area contributed by atoms with E-state index in [0.717, 1.165) is 22.2 Å². The largest absolute Gasteiger partial charge is 0.496 e. The fourth-order valence-corrected chi connectivity index (χ4v) is 1.65. The summed E-state index contributed by atoms with van der Waals surface area (Å²) in [6.07, 6.45) is 5.81. The van der Waals surface area contributed by atoms with E-state index in [2.05, 4.69) is 11.1 Å². The summed E-state index contributed by atoms with van der Waals surface area (Å²) in [5.74, 6) is 0.860. The lowest BCUT2D eigenvalue weighted by atomic mass is 10.1. The Morgan fingerprint density at radius 2 is 2.13 bits per heavy atom. The number of pyridine rings is 1. The maximum Gasteiger partial charge on any atom is 0.128 e. The molecule has 0 saturated heterocycles. The van der Waals surface area contributed by atoms with E-state index in [1.54, 1.807) is 13.3 Å². The molecule has 0 aliphatic carbocycles. The molecule has 2 nitrogen and oxygen atoms in total. The summed E-state index contributed by atoms with van der Waals surface area (Å²) < 4.78 is 5.31. The third-order valence-corrected chi connectivity index (χ3v) is 2.33. The minimum Gasteiger partial charge on any atom is -0.496 e. The van der Waals surface area contributed by atoms with Crippen LogP contribution in [0.1, 0.15) is 12.5 Å². The predicted octanol–water partition coefficient (Wildman–Crippen LogP) is 3.28. The second kappa shape index (κ2) is 4.13. The molecule has 1 aromatic heterocycles. The van der Waals surface area contributed by atoms with Gasteiger partial charge in [-0.15, -0.1) is 0 Å². The Hall–Kier alpha value is -1.83. The molecular weight excluding hydrogens is 186 g/mol. The van der Waals surface area contributed by atoms with Crippen molar-refractivity contribution in [2.24, 2.45) is 0 Å². The van der Waals surface area contributed by atoms with Crippen LogP contribution in [0.25, 0.3) is 17.0 Å². The van der Waals surface area contributed by atoms with Gasteiger partial charge >= 0.3 is 0 Å². The molecule has 0 radical (unpaired) electrons. The first kappa shape index (κ1) is 9.71. The number of aromatic nitrogens is 1. The molecule has 0 spiro atoms. The third kappa shape index (κ3) is 1.71. The quantitative estimate of drug-likeness (QED) is 0.740. The molecule has 2 rings (SSSR count). The fourth-order valence-electron chi connectivity index (χ4n) is 1.65. The minimum atomic E-state index is 0.860. The van der Waals surface area contributed by atoms with Gasteiger partial charge in [-0.05, 0) is 25.1 Å². The molecule has 2 aromatic rings. The van der Waals surface area contributed by atoms with E-state index in [1.807, 2.05) is 37.3 Å². The van der Waals surface area contributed by atoms with Crippen LogP contribution < -0.4 is 4.74 Å². The first-order chi connectivity index (χ1) is 7.36. The van der Waals surface area contributed by atoms with E-state index >= 15 is 0 Å². The van der Waals surface area contributed by atoms with Crippen molar-refractivity contribution in [2.45, 2.75) is 6.92 Å². The summed E-state index contributed by atoms with van der Waals surface area (Å²) in [5.41, 5.74) is 2.02. The molecule has 1 heterocycles. The van der Waals surface area contributed by atoms with E-state index in [4.69, 9.17) is 4.74 Å². The van der Waals surface area contributed by atoms with Crippen LogP contribution in [0.4, 0.5) is 0 Å². The number of nitrogens with zero attached hydrogens (tertiary/aromatic N) is 1. The van der Waals surface area contributed by atoms with Crippen LogP contribution in [0.5, 0.6) is 5.75 Å². The van der Waals surface area contributed by atoms with Crippen molar-refractivity contribution < 1.29 is 4.74 Å².